The van der Waals surface area contributed by atoms with Gasteiger partial charge < -0.3 is 14.6 Å². The summed E-state index contributed by atoms with van der Waals surface area (Å²) in [6.45, 7) is 1.71. The minimum absolute atomic E-state index is 0.212. The third-order valence-corrected chi connectivity index (χ3v) is 2.27. The van der Waals surface area contributed by atoms with Crippen molar-refractivity contribution in [3.05, 3.63) is 23.5 Å². The highest BCUT2D eigenvalue weighted by Crippen LogP contribution is 2.31. The fourth-order valence-electron chi connectivity index (χ4n) is 1.35. The van der Waals surface area contributed by atoms with Crippen LogP contribution in [0, 0.1) is 5.82 Å². The van der Waals surface area contributed by atoms with Gasteiger partial charge in [-0.25, -0.2) is 4.39 Å². The molecule has 4 heteroatoms. The van der Waals surface area contributed by atoms with Crippen LogP contribution in [0.5, 0.6) is 11.5 Å². The van der Waals surface area contributed by atoms with Gasteiger partial charge in [-0.05, 0) is 17.5 Å². The molecule has 1 aromatic rings. The van der Waals surface area contributed by atoms with E-state index in [0.29, 0.717) is 11.3 Å². The number of halogens is 1. The SMILES string of the molecule is COc1cc(O)c(F)c(C(C)CC=O)c1. The zero-order chi connectivity index (χ0) is 11.4. The summed E-state index contributed by atoms with van der Waals surface area (Å²) < 4.78 is 18.4. The highest BCUT2D eigenvalue weighted by molar-refractivity contribution is 5.52. The molecule has 0 aliphatic carbocycles. The maximum Gasteiger partial charge on any atom is 0.168 e. The van der Waals surface area contributed by atoms with Gasteiger partial charge in [0.1, 0.15) is 12.0 Å². The van der Waals surface area contributed by atoms with Crippen LogP contribution in [0.25, 0.3) is 0 Å². The van der Waals surface area contributed by atoms with E-state index in [0.717, 1.165) is 6.29 Å². The van der Waals surface area contributed by atoms with Gasteiger partial charge in [-0.1, -0.05) is 6.92 Å². The summed E-state index contributed by atoms with van der Waals surface area (Å²) in [4.78, 5) is 10.3. The summed E-state index contributed by atoms with van der Waals surface area (Å²) in [5.74, 6) is -1.04. The summed E-state index contributed by atoms with van der Waals surface area (Å²) in [5, 5.41) is 9.29. The van der Waals surface area contributed by atoms with Gasteiger partial charge in [-0.2, -0.15) is 0 Å². The van der Waals surface area contributed by atoms with Crippen LogP contribution >= 0.6 is 0 Å². The Hall–Kier alpha value is -1.58. The third kappa shape index (κ3) is 2.46. The zero-order valence-corrected chi connectivity index (χ0v) is 8.66. The van der Waals surface area contributed by atoms with Gasteiger partial charge in [-0.15, -0.1) is 0 Å². The molecule has 1 aromatic carbocycles. The van der Waals surface area contributed by atoms with Crippen molar-refractivity contribution in [1.29, 1.82) is 0 Å². The van der Waals surface area contributed by atoms with Crippen molar-refractivity contribution in [2.24, 2.45) is 0 Å². The van der Waals surface area contributed by atoms with Gasteiger partial charge >= 0.3 is 0 Å². The van der Waals surface area contributed by atoms with Crippen LogP contribution in [0.15, 0.2) is 12.1 Å². The van der Waals surface area contributed by atoms with E-state index in [1.54, 1.807) is 6.92 Å². The Morgan fingerprint density at radius 1 is 1.60 bits per heavy atom. The first-order chi connectivity index (χ1) is 7.10. The van der Waals surface area contributed by atoms with Gasteiger partial charge in [0, 0.05) is 12.5 Å². The molecule has 15 heavy (non-hydrogen) atoms. The lowest BCUT2D eigenvalue weighted by Gasteiger charge is -2.12. The van der Waals surface area contributed by atoms with Gasteiger partial charge in [0.2, 0.25) is 0 Å². The first kappa shape index (κ1) is 11.5. The van der Waals surface area contributed by atoms with E-state index in [9.17, 15) is 14.3 Å². The molecule has 1 N–H and O–H groups in total. The summed E-state index contributed by atoms with van der Waals surface area (Å²) in [6.07, 6.45) is 0.935. The molecule has 1 unspecified atom stereocenters. The van der Waals surface area contributed by atoms with Crippen molar-refractivity contribution in [2.75, 3.05) is 7.11 Å². The van der Waals surface area contributed by atoms with Crippen LogP contribution in [0.4, 0.5) is 4.39 Å². The van der Waals surface area contributed by atoms with Crippen LogP contribution in [0.3, 0.4) is 0 Å². The lowest BCUT2D eigenvalue weighted by Crippen LogP contribution is -1.99. The largest absolute Gasteiger partial charge is 0.505 e. The molecule has 0 fully saturated rings. The van der Waals surface area contributed by atoms with E-state index < -0.39 is 11.6 Å². The first-order valence-electron chi connectivity index (χ1n) is 4.60. The normalized spacial score (nSPS) is 12.2. The number of methoxy groups -OCH3 is 1. The highest BCUT2D eigenvalue weighted by Gasteiger charge is 2.15. The average molecular weight is 212 g/mol. The second kappa shape index (κ2) is 4.77. The van der Waals surface area contributed by atoms with E-state index in [2.05, 4.69) is 0 Å². The number of rotatable bonds is 4. The molecule has 0 saturated carbocycles. The Kier molecular flexibility index (Phi) is 3.66. The number of hydrogen-bond acceptors (Lipinski definition) is 3. The number of phenols is 1. The molecule has 0 radical (unpaired) electrons. The molecular formula is C11H13FO3. The number of hydrogen-bond donors (Lipinski definition) is 1. The number of benzene rings is 1. The maximum absolute atomic E-state index is 13.5. The van der Waals surface area contributed by atoms with Gasteiger partial charge in [0.05, 0.1) is 7.11 Å². The number of ether oxygens (including phenoxy) is 1. The van der Waals surface area contributed by atoms with Crippen molar-refractivity contribution in [3.63, 3.8) is 0 Å². The monoisotopic (exact) mass is 212 g/mol. The molecule has 0 saturated heterocycles. The van der Waals surface area contributed by atoms with Crippen LogP contribution in [-0.4, -0.2) is 18.5 Å². The lowest BCUT2D eigenvalue weighted by atomic mass is 9.97. The summed E-state index contributed by atoms with van der Waals surface area (Å²) in [6, 6.07) is 2.69. The molecule has 0 spiro atoms. The van der Waals surface area contributed by atoms with E-state index in [1.165, 1.54) is 19.2 Å². The topological polar surface area (TPSA) is 46.5 Å². The van der Waals surface area contributed by atoms with Gasteiger partial charge in [0.25, 0.3) is 0 Å². The first-order valence-corrected chi connectivity index (χ1v) is 4.60. The molecule has 0 aromatic heterocycles. The Labute approximate surface area is 87.5 Å². The molecule has 0 bridgehead atoms. The van der Waals surface area contributed by atoms with Crippen LogP contribution in [-0.2, 0) is 4.79 Å². The van der Waals surface area contributed by atoms with Crippen LogP contribution in [0.2, 0.25) is 0 Å². The Bertz CT molecular complexity index is 363. The Balaban J connectivity index is 3.14. The van der Waals surface area contributed by atoms with E-state index in [4.69, 9.17) is 4.74 Å². The smallest absolute Gasteiger partial charge is 0.168 e. The van der Waals surface area contributed by atoms with Crippen molar-refractivity contribution in [2.45, 2.75) is 19.3 Å². The lowest BCUT2D eigenvalue weighted by molar-refractivity contribution is -0.108. The second-order valence-corrected chi connectivity index (χ2v) is 3.35. The molecule has 0 aliphatic rings. The Morgan fingerprint density at radius 3 is 2.80 bits per heavy atom. The minimum Gasteiger partial charge on any atom is -0.505 e. The quantitative estimate of drug-likeness (QED) is 0.778. The number of carbonyl (C=O) groups is 1. The summed E-state index contributed by atoms with van der Waals surface area (Å²) in [7, 11) is 1.43. The number of carbonyl (C=O) groups excluding carboxylic acids is 1. The van der Waals surface area contributed by atoms with Crippen molar-refractivity contribution < 1.29 is 19.0 Å². The third-order valence-electron chi connectivity index (χ3n) is 2.27. The molecule has 1 atom stereocenters. The number of aldehydes is 1. The molecule has 0 heterocycles. The standard InChI is InChI=1S/C11H13FO3/c1-7(3-4-13)9-5-8(15-2)6-10(14)11(9)12/h4-7,14H,3H2,1-2H3. The highest BCUT2D eigenvalue weighted by atomic mass is 19.1. The van der Waals surface area contributed by atoms with Crippen molar-refractivity contribution in [1.82, 2.24) is 0 Å². The molecule has 3 nitrogen and oxygen atoms in total. The predicted octanol–water partition coefficient (Wildman–Crippen LogP) is 2.23. The van der Waals surface area contributed by atoms with E-state index in [1.807, 2.05) is 0 Å². The maximum atomic E-state index is 13.5. The number of phenolic OH excluding ortho intramolecular Hbond substituents is 1. The molecular weight excluding hydrogens is 199 g/mol. The summed E-state index contributed by atoms with van der Waals surface area (Å²) in [5.41, 5.74) is 0.291. The van der Waals surface area contributed by atoms with Crippen LogP contribution < -0.4 is 4.74 Å². The summed E-state index contributed by atoms with van der Waals surface area (Å²) >= 11 is 0. The predicted molar refractivity (Wildman–Crippen MR) is 53.7 cm³/mol. The van der Waals surface area contributed by atoms with Crippen LogP contribution in [0.1, 0.15) is 24.8 Å². The van der Waals surface area contributed by atoms with Gasteiger partial charge in [0.15, 0.2) is 11.6 Å². The van der Waals surface area contributed by atoms with E-state index in [-0.39, 0.29) is 12.3 Å². The zero-order valence-electron chi connectivity index (χ0n) is 8.66. The van der Waals surface area contributed by atoms with Crippen molar-refractivity contribution in [3.8, 4) is 11.5 Å². The molecule has 0 amide bonds. The number of aromatic hydroxyl groups is 1. The fourth-order valence-corrected chi connectivity index (χ4v) is 1.35. The fraction of sp³-hybridized carbons (Fsp3) is 0.364. The van der Waals surface area contributed by atoms with Gasteiger partial charge in [-0.3, -0.25) is 0 Å². The Morgan fingerprint density at radius 2 is 2.27 bits per heavy atom. The average Bonchev–Trinajstić information content (AvgIpc) is 2.22. The second-order valence-electron chi connectivity index (χ2n) is 3.35. The molecule has 1 rings (SSSR count). The van der Waals surface area contributed by atoms with E-state index >= 15 is 0 Å². The molecule has 82 valence electrons. The van der Waals surface area contributed by atoms with Crippen molar-refractivity contribution >= 4 is 6.29 Å². The minimum atomic E-state index is -0.690. The molecule has 0 aliphatic heterocycles.